The van der Waals surface area contributed by atoms with E-state index in [-0.39, 0.29) is 0 Å². The van der Waals surface area contributed by atoms with Gasteiger partial charge in [0, 0.05) is 0 Å². The molecule has 0 aliphatic heterocycles. The highest BCUT2D eigenvalue weighted by molar-refractivity contribution is 5.32. The molecule has 1 radical (unpaired) electrons. The van der Waals surface area contributed by atoms with Crippen molar-refractivity contribution in [2.24, 2.45) is 0 Å². The lowest BCUT2D eigenvalue weighted by Gasteiger charge is -2.06. The molecule has 0 aromatic heterocycles. The molecule has 0 unspecified atom stereocenters. The van der Waals surface area contributed by atoms with Crippen LogP contribution in [-0.4, -0.2) is 0 Å². The fourth-order valence-electron chi connectivity index (χ4n) is 2.03. The smallest absolute Gasteiger partial charge is 0.127 e. The number of rotatable bonds is 7. The molecule has 0 aliphatic carbocycles. The van der Waals surface area contributed by atoms with Crippen molar-refractivity contribution >= 4 is 0 Å². The molecule has 0 spiro atoms. The zero-order valence-electron chi connectivity index (χ0n) is 11.3. The minimum absolute atomic E-state index is 0.880. The van der Waals surface area contributed by atoms with Gasteiger partial charge in [0.1, 0.15) is 11.5 Å². The van der Waals surface area contributed by atoms with Crippen molar-refractivity contribution in [1.82, 2.24) is 0 Å². The summed E-state index contributed by atoms with van der Waals surface area (Å²) < 4.78 is 5.77. The Morgan fingerprint density at radius 1 is 0.737 bits per heavy atom. The van der Waals surface area contributed by atoms with Gasteiger partial charge >= 0.3 is 0 Å². The van der Waals surface area contributed by atoms with Gasteiger partial charge in [0.25, 0.3) is 0 Å². The van der Waals surface area contributed by atoms with Crippen LogP contribution in [-0.2, 0) is 6.42 Å². The van der Waals surface area contributed by atoms with Crippen LogP contribution in [0.2, 0.25) is 0 Å². The Balaban J connectivity index is 1.84. The molecule has 2 aromatic carbocycles. The molecule has 0 saturated carbocycles. The number of benzene rings is 2. The van der Waals surface area contributed by atoms with Crippen molar-refractivity contribution in [2.45, 2.75) is 32.1 Å². The molecule has 0 saturated heterocycles. The third-order valence-electron chi connectivity index (χ3n) is 3.12. The van der Waals surface area contributed by atoms with Crippen molar-refractivity contribution in [3.05, 3.63) is 67.1 Å². The van der Waals surface area contributed by atoms with Gasteiger partial charge < -0.3 is 4.74 Å². The third kappa shape index (κ3) is 4.78. The molecular formula is C18H21O. The molecule has 0 heterocycles. The first-order chi connectivity index (χ1) is 9.38. The van der Waals surface area contributed by atoms with E-state index in [9.17, 15) is 0 Å². The van der Waals surface area contributed by atoms with E-state index >= 15 is 0 Å². The van der Waals surface area contributed by atoms with Crippen molar-refractivity contribution in [3.63, 3.8) is 0 Å². The van der Waals surface area contributed by atoms with Crippen molar-refractivity contribution < 1.29 is 4.74 Å². The molecule has 19 heavy (non-hydrogen) atoms. The van der Waals surface area contributed by atoms with Crippen molar-refractivity contribution in [3.8, 4) is 11.5 Å². The molecule has 1 heteroatoms. The number of hydrogen-bond acceptors (Lipinski definition) is 1. The second kappa shape index (κ2) is 7.63. The molecule has 99 valence electrons. The maximum atomic E-state index is 5.77. The topological polar surface area (TPSA) is 9.23 Å². The van der Waals surface area contributed by atoms with Gasteiger partial charge in [-0.1, -0.05) is 56.5 Å². The van der Waals surface area contributed by atoms with Gasteiger partial charge in [-0.3, -0.25) is 0 Å². The quantitative estimate of drug-likeness (QED) is 0.599. The molecule has 2 rings (SSSR count). The first-order valence-corrected chi connectivity index (χ1v) is 6.99. The predicted molar refractivity (Wildman–Crippen MR) is 80.5 cm³/mol. The van der Waals surface area contributed by atoms with Crippen LogP contribution < -0.4 is 4.74 Å². The Morgan fingerprint density at radius 2 is 1.42 bits per heavy atom. The number of hydrogen-bond donors (Lipinski definition) is 0. The van der Waals surface area contributed by atoms with Crippen LogP contribution in [0.1, 0.15) is 31.2 Å². The van der Waals surface area contributed by atoms with E-state index in [0.717, 1.165) is 24.3 Å². The Hall–Kier alpha value is -1.76. The largest absolute Gasteiger partial charge is 0.457 e. The Morgan fingerprint density at radius 3 is 2.11 bits per heavy atom. The van der Waals surface area contributed by atoms with E-state index in [0.29, 0.717) is 0 Å². The maximum absolute atomic E-state index is 5.77. The highest BCUT2D eigenvalue weighted by atomic mass is 16.5. The third-order valence-corrected chi connectivity index (χ3v) is 3.12. The van der Waals surface area contributed by atoms with E-state index in [4.69, 9.17) is 4.74 Å². The van der Waals surface area contributed by atoms with Gasteiger partial charge in [-0.05, 0) is 42.7 Å². The van der Waals surface area contributed by atoms with E-state index in [1.54, 1.807) is 0 Å². The van der Waals surface area contributed by atoms with Crippen LogP contribution in [0.4, 0.5) is 0 Å². The molecule has 0 bridgehead atoms. The highest BCUT2D eigenvalue weighted by Crippen LogP contribution is 2.21. The van der Waals surface area contributed by atoms with E-state index < -0.39 is 0 Å². The van der Waals surface area contributed by atoms with Gasteiger partial charge in [0.05, 0.1) is 0 Å². The molecule has 0 atom stereocenters. The molecule has 0 N–H and O–H groups in total. The molecule has 0 fully saturated rings. The maximum Gasteiger partial charge on any atom is 0.127 e. The van der Waals surface area contributed by atoms with Gasteiger partial charge in [-0.15, -0.1) is 0 Å². The summed E-state index contributed by atoms with van der Waals surface area (Å²) in [5, 5.41) is 0. The number of para-hydroxylation sites is 1. The van der Waals surface area contributed by atoms with Gasteiger partial charge in [0.2, 0.25) is 0 Å². The summed E-state index contributed by atoms with van der Waals surface area (Å²) in [6.07, 6.45) is 5.94. The van der Waals surface area contributed by atoms with Crippen molar-refractivity contribution in [2.75, 3.05) is 0 Å². The van der Waals surface area contributed by atoms with Crippen LogP contribution in [0, 0.1) is 6.92 Å². The van der Waals surface area contributed by atoms with Gasteiger partial charge in [-0.2, -0.15) is 0 Å². The Labute approximate surface area is 116 Å². The first-order valence-electron chi connectivity index (χ1n) is 6.99. The molecule has 2 aromatic rings. The summed E-state index contributed by atoms with van der Waals surface area (Å²) in [6, 6.07) is 18.3. The van der Waals surface area contributed by atoms with E-state index in [1.165, 1.54) is 24.8 Å². The summed E-state index contributed by atoms with van der Waals surface area (Å²) in [5.74, 6) is 1.78. The molecule has 1 nitrogen and oxygen atoms in total. The SMILES string of the molecule is [CH2]CCCCCc1ccc(Oc2ccccc2)cc1. The minimum Gasteiger partial charge on any atom is -0.457 e. The standard InChI is InChI=1S/C18H21O/c1-2-3-4-6-9-16-12-14-18(15-13-16)19-17-10-7-5-8-11-17/h5,7-8,10-15H,1-4,6,9H2. The Bertz CT molecular complexity index is 459. The van der Waals surface area contributed by atoms with Gasteiger partial charge in [-0.25, -0.2) is 0 Å². The molecule has 0 aliphatic rings. The second-order valence-corrected chi connectivity index (χ2v) is 4.72. The number of aryl methyl sites for hydroxylation is 1. The van der Waals surface area contributed by atoms with Crippen LogP contribution in [0.15, 0.2) is 54.6 Å². The average Bonchev–Trinajstić information content (AvgIpc) is 2.46. The minimum atomic E-state index is 0.880. The highest BCUT2D eigenvalue weighted by Gasteiger charge is 1.97. The Kier molecular flexibility index (Phi) is 5.49. The summed E-state index contributed by atoms with van der Waals surface area (Å²) in [7, 11) is 0. The van der Waals surface area contributed by atoms with Crippen LogP contribution in [0.5, 0.6) is 11.5 Å². The van der Waals surface area contributed by atoms with Crippen LogP contribution >= 0.6 is 0 Å². The second-order valence-electron chi connectivity index (χ2n) is 4.72. The van der Waals surface area contributed by atoms with E-state index in [2.05, 4.69) is 19.1 Å². The summed E-state index contributed by atoms with van der Waals surface area (Å²) in [5.41, 5.74) is 1.38. The average molecular weight is 253 g/mol. The fraction of sp³-hybridized carbons (Fsp3) is 0.278. The number of ether oxygens (including phenoxy) is 1. The van der Waals surface area contributed by atoms with Crippen LogP contribution in [0.25, 0.3) is 0 Å². The summed E-state index contributed by atoms with van der Waals surface area (Å²) in [6.45, 7) is 3.87. The zero-order valence-corrected chi connectivity index (χ0v) is 11.3. The fourth-order valence-corrected chi connectivity index (χ4v) is 2.03. The first kappa shape index (κ1) is 13.7. The van der Waals surface area contributed by atoms with E-state index in [1.807, 2.05) is 42.5 Å². The number of unbranched alkanes of at least 4 members (excludes halogenated alkanes) is 3. The lowest BCUT2D eigenvalue weighted by atomic mass is 10.1. The lowest BCUT2D eigenvalue weighted by molar-refractivity contribution is 0.482. The molecule has 0 amide bonds. The van der Waals surface area contributed by atoms with Gasteiger partial charge in [0.15, 0.2) is 0 Å². The van der Waals surface area contributed by atoms with Crippen LogP contribution in [0.3, 0.4) is 0 Å². The zero-order chi connectivity index (χ0) is 13.3. The normalized spacial score (nSPS) is 10.4. The predicted octanol–water partition coefficient (Wildman–Crippen LogP) is 5.42. The van der Waals surface area contributed by atoms with Crippen molar-refractivity contribution in [1.29, 1.82) is 0 Å². The summed E-state index contributed by atoms with van der Waals surface area (Å²) in [4.78, 5) is 0. The summed E-state index contributed by atoms with van der Waals surface area (Å²) >= 11 is 0. The monoisotopic (exact) mass is 253 g/mol. The molecular weight excluding hydrogens is 232 g/mol. The lowest BCUT2D eigenvalue weighted by Crippen LogP contribution is -1.87.